The number of aliphatic carboxylic acids is 1. The summed E-state index contributed by atoms with van der Waals surface area (Å²) in [6, 6.07) is 15.3. The molecule has 1 aliphatic heterocycles. The maximum atomic E-state index is 12.8. The molecule has 3 N–H and O–H groups in total. The zero-order chi connectivity index (χ0) is 25.7. The first-order valence-electron chi connectivity index (χ1n) is 10.9. The van der Waals surface area contributed by atoms with E-state index in [1.165, 1.54) is 12.1 Å². The van der Waals surface area contributed by atoms with Gasteiger partial charge in [0.25, 0.3) is 10.0 Å². The van der Waals surface area contributed by atoms with Crippen molar-refractivity contribution < 1.29 is 41.0 Å². The number of halogens is 3. The minimum atomic E-state index is -5.08. The third-order valence-corrected chi connectivity index (χ3v) is 7.31. The summed E-state index contributed by atoms with van der Waals surface area (Å²) in [4.78, 5) is 21.7. The van der Waals surface area contributed by atoms with Gasteiger partial charge in [0, 0.05) is 11.6 Å². The Morgan fingerprint density at radius 3 is 2.23 bits per heavy atom. The van der Waals surface area contributed by atoms with Crippen LogP contribution in [0.2, 0.25) is 0 Å². The molecule has 0 radical (unpaired) electrons. The minimum Gasteiger partial charge on any atom is -0.475 e. The Kier molecular flexibility index (Phi) is 8.06. The molecule has 2 aliphatic rings. The summed E-state index contributed by atoms with van der Waals surface area (Å²) in [7, 11) is -3.97. The van der Waals surface area contributed by atoms with Crippen LogP contribution in [0.1, 0.15) is 32.1 Å². The molecule has 1 saturated carbocycles. The highest BCUT2D eigenvalue weighted by Gasteiger charge is 2.48. The third-order valence-electron chi connectivity index (χ3n) is 5.96. The predicted molar refractivity (Wildman–Crippen MR) is 119 cm³/mol. The van der Waals surface area contributed by atoms with Gasteiger partial charge in [-0.2, -0.15) is 13.2 Å². The number of hydrogen-bond donors (Lipinski definition) is 3. The molecule has 8 nitrogen and oxygen atoms in total. The second kappa shape index (κ2) is 10.6. The molecule has 190 valence electrons. The van der Waals surface area contributed by atoms with Crippen LogP contribution in [0.15, 0.2) is 59.5 Å². The monoisotopic (exact) mass is 514 g/mol. The Morgan fingerprint density at radius 1 is 1.03 bits per heavy atom. The molecule has 1 saturated heterocycles. The SMILES string of the molecule is O=C(NS(=O)(=O)c1cccc(Oc2ccccc2)c1)C1CCNC12CCCC2.O=C(O)C(F)(F)F. The zero-order valence-corrected chi connectivity index (χ0v) is 19.4. The molecule has 2 aromatic carbocycles. The van der Waals surface area contributed by atoms with E-state index in [1.807, 2.05) is 18.2 Å². The van der Waals surface area contributed by atoms with Crippen LogP contribution >= 0.6 is 0 Å². The van der Waals surface area contributed by atoms with Gasteiger partial charge in [0.15, 0.2) is 0 Å². The summed E-state index contributed by atoms with van der Waals surface area (Å²) in [5.74, 6) is -2.47. The first kappa shape index (κ1) is 26.5. The van der Waals surface area contributed by atoms with Crippen LogP contribution in [0.4, 0.5) is 13.2 Å². The first-order valence-corrected chi connectivity index (χ1v) is 12.4. The molecule has 2 aromatic rings. The second-order valence-corrected chi connectivity index (χ2v) is 9.98. The van der Waals surface area contributed by atoms with E-state index in [1.54, 1.807) is 24.3 Å². The van der Waals surface area contributed by atoms with Crippen molar-refractivity contribution in [1.82, 2.24) is 10.0 Å². The highest BCUT2D eigenvalue weighted by Crippen LogP contribution is 2.41. The van der Waals surface area contributed by atoms with Gasteiger partial charge in [-0.15, -0.1) is 0 Å². The fraction of sp³-hybridized carbons (Fsp3) is 0.391. The summed E-state index contributed by atoms with van der Waals surface area (Å²) < 4.78 is 65.3. The van der Waals surface area contributed by atoms with E-state index in [4.69, 9.17) is 14.6 Å². The number of benzene rings is 2. The Morgan fingerprint density at radius 2 is 1.63 bits per heavy atom. The average Bonchev–Trinajstić information content (AvgIpc) is 3.44. The standard InChI is InChI=1S/C21H24N2O4S.C2HF3O2/c24-20(19-11-14-22-21(19)12-4-5-13-21)23-28(25,26)18-10-6-9-17(15-18)27-16-7-2-1-3-8-16;3-2(4,5)1(6)7/h1-3,6-10,15,19,22H,4-5,11-14H2,(H,23,24);(H,6,7). The summed E-state index contributed by atoms with van der Waals surface area (Å²) >= 11 is 0. The lowest BCUT2D eigenvalue weighted by Gasteiger charge is -2.30. The minimum absolute atomic E-state index is 0.0145. The van der Waals surface area contributed by atoms with Gasteiger partial charge in [0.2, 0.25) is 5.91 Å². The van der Waals surface area contributed by atoms with Gasteiger partial charge in [-0.05, 0) is 50.1 Å². The van der Waals surface area contributed by atoms with E-state index in [9.17, 15) is 26.4 Å². The molecule has 1 atom stereocenters. The van der Waals surface area contributed by atoms with E-state index in [-0.39, 0.29) is 16.4 Å². The van der Waals surface area contributed by atoms with E-state index >= 15 is 0 Å². The topological polar surface area (TPSA) is 122 Å². The van der Waals surface area contributed by atoms with Gasteiger partial charge in [-0.25, -0.2) is 17.9 Å². The molecular formula is C23H25F3N2O6S. The molecule has 4 rings (SSSR count). The number of nitrogens with one attached hydrogen (secondary N) is 2. The van der Waals surface area contributed by atoms with Gasteiger partial charge in [-0.1, -0.05) is 37.1 Å². The summed E-state index contributed by atoms with van der Waals surface area (Å²) in [5.41, 5.74) is -0.238. The molecule has 12 heteroatoms. The smallest absolute Gasteiger partial charge is 0.475 e. The summed E-state index contributed by atoms with van der Waals surface area (Å²) in [5, 5.41) is 10.6. The lowest BCUT2D eigenvalue weighted by Crippen LogP contribution is -2.49. The summed E-state index contributed by atoms with van der Waals surface area (Å²) in [6.45, 7) is 0.749. The summed E-state index contributed by atoms with van der Waals surface area (Å²) in [6.07, 6.45) is -0.430. The second-order valence-electron chi connectivity index (χ2n) is 8.29. The molecule has 1 amide bonds. The van der Waals surface area contributed by atoms with Gasteiger partial charge in [0.1, 0.15) is 11.5 Å². The van der Waals surface area contributed by atoms with Crippen LogP contribution in [0.25, 0.3) is 0 Å². The van der Waals surface area contributed by atoms with Crippen molar-refractivity contribution in [2.24, 2.45) is 5.92 Å². The van der Waals surface area contributed by atoms with Crippen molar-refractivity contribution in [3.8, 4) is 11.5 Å². The van der Waals surface area contributed by atoms with Gasteiger partial charge < -0.3 is 15.2 Å². The number of para-hydroxylation sites is 1. The first-order chi connectivity index (χ1) is 16.4. The van der Waals surface area contributed by atoms with Crippen LogP contribution in [-0.4, -0.2) is 43.7 Å². The number of rotatable bonds is 5. The Bertz CT molecular complexity index is 1140. The lowest BCUT2D eigenvalue weighted by atomic mass is 9.83. The van der Waals surface area contributed by atoms with Crippen LogP contribution < -0.4 is 14.8 Å². The van der Waals surface area contributed by atoms with Crippen molar-refractivity contribution in [3.63, 3.8) is 0 Å². The van der Waals surface area contributed by atoms with Crippen LogP contribution in [0, 0.1) is 5.92 Å². The molecule has 0 bridgehead atoms. The normalized spacial score (nSPS) is 19.0. The number of carboxylic acid groups (broad SMARTS) is 1. The molecular weight excluding hydrogens is 489 g/mol. The molecule has 1 unspecified atom stereocenters. The van der Waals surface area contributed by atoms with Gasteiger partial charge >= 0.3 is 12.1 Å². The van der Waals surface area contributed by atoms with E-state index in [2.05, 4.69) is 10.0 Å². The number of carboxylic acids is 1. The Hall–Kier alpha value is -3.12. The third kappa shape index (κ3) is 6.73. The molecule has 1 aliphatic carbocycles. The van der Waals surface area contributed by atoms with E-state index in [0.717, 1.165) is 32.2 Å². The number of carbonyl (C=O) groups excluding carboxylic acids is 1. The number of amides is 1. The average molecular weight is 515 g/mol. The highest BCUT2D eigenvalue weighted by molar-refractivity contribution is 7.90. The van der Waals surface area contributed by atoms with Crippen LogP contribution in [-0.2, 0) is 19.6 Å². The quantitative estimate of drug-likeness (QED) is 0.554. The van der Waals surface area contributed by atoms with Crippen molar-refractivity contribution in [2.45, 2.75) is 48.7 Å². The molecule has 1 heterocycles. The Balaban J connectivity index is 0.000000429. The van der Waals surface area contributed by atoms with Crippen LogP contribution in [0.3, 0.4) is 0 Å². The van der Waals surface area contributed by atoms with Crippen molar-refractivity contribution in [1.29, 1.82) is 0 Å². The van der Waals surface area contributed by atoms with Crippen molar-refractivity contribution >= 4 is 21.9 Å². The van der Waals surface area contributed by atoms with Crippen molar-refractivity contribution in [2.75, 3.05) is 6.54 Å². The zero-order valence-electron chi connectivity index (χ0n) is 18.5. The van der Waals surface area contributed by atoms with Crippen LogP contribution in [0.5, 0.6) is 11.5 Å². The molecule has 35 heavy (non-hydrogen) atoms. The number of ether oxygens (including phenoxy) is 1. The molecule has 0 aromatic heterocycles. The highest BCUT2D eigenvalue weighted by atomic mass is 32.2. The van der Waals surface area contributed by atoms with Gasteiger partial charge in [0.05, 0.1) is 10.8 Å². The van der Waals surface area contributed by atoms with E-state index < -0.39 is 28.1 Å². The number of carbonyl (C=O) groups is 2. The number of alkyl halides is 3. The fourth-order valence-electron chi connectivity index (χ4n) is 4.37. The van der Waals surface area contributed by atoms with Gasteiger partial charge in [-0.3, -0.25) is 4.79 Å². The molecule has 2 fully saturated rings. The Labute approximate surface area is 200 Å². The van der Waals surface area contributed by atoms with Crippen molar-refractivity contribution in [3.05, 3.63) is 54.6 Å². The maximum Gasteiger partial charge on any atom is 0.490 e. The maximum absolute atomic E-state index is 12.8. The number of hydrogen-bond acceptors (Lipinski definition) is 6. The predicted octanol–water partition coefficient (Wildman–Crippen LogP) is 3.84. The fourth-order valence-corrected chi connectivity index (χ4v) is 5.42. The molecule has 1 spiro atoms. The number of sulfonamides is 1. The van der Waals surface area contributed by atoms with E-state index in [0.29, 0.717) is 17.9 Å². The lowest BCUT2D eigenvalue weighted by molar-refractivity contribution is -0.192. The largest absolute Gasteiger partial charge is 0.490 e.